The maximum absolute atomic E-state index is 12.7. The fourth-order valence-electron chi connectivity index (χ4n) is 2.33. The summed E-state index contributed by atoms with van der Waals surface area (Å²) in [4.78, 5) is 15.2. The number of aromatic hydroxyl groups is 1. The Balaban J connectivity index is 1.84. The number of carbonyl (C=O) groups is 1. The van der Waals surface area contributed by atoms with Gasteiger partial charge in [0.2, 0.25) is 0 Å². The number of carbonyl (C=O) groups excluding carboxylic acids is 1. The number of phenolic OH excluding ortho intramolecular Hbond substituents is 1. The van der Waals surface area contributed by atoms with E-state index in [9.17, 15) is 23.1 Å². The van der Waals surface area contributed by atoms with Crippen molar-refractivity contribution in [2.45, 2.75) is 24.9 Å². The van der Waals surface area contributed by atoms with Crippen molar-refractivity contribution in [1.29, 1.82) is 0 Å². The molecule has 4 nitrogen and oxygen atoms in total. The van der Waals surface area contributed by atoms with Gasteiger partial charge in [-0.1, -0.05) is 0 Å². The minimum absolute atomic E-state index is 0.0157. The molecule has 1 fully saturated rings. The molecular weight excluding hydrogens is 297 g/mol. The lowest BCUT2D eigenvalue weighted by atomic mass is 10.1. The zero-order valence-corrected chi connectivity index (χ0v) is 11.4. The lowest BCUT2D eigenvalue weighted by Gasteiger charge is -2.12. The van der Waals surface area contributed by atoms with E-state index in [0.717, 1.165) is 30.7 Å². The molecule has 1 aromatic carbocycles. The molecule has 1 amide bonds. The van der Waals surface area contributed by atoms with Gasteiger partial charge in [-0.3, -0.25) is 4.79 Å². The number of phenols is 1. The Labute approximate surface area is 124 Å². The summed E-state index contributed by atoms with van der Waals surface area (Å²) in [7, 11) is 0. The quantitative estimate of drug-likeness (QED) is 0.754. The number of alkyl halides is 3. The number of halogens is 3. The largest absolute Gasteiger partial charge is 0.507 e. The van der Waals surface area contributed by atoms with Crippen molar-refractivity contribution >= 4 is 11.6 Å². The van der Waals surface area contributed by atoms with E-state index in [-0.39, 0.29) is 5.69 Å². The number of amides is 1. The third-order valence-electron chi connectivity index (χ3n) is 3.57. The number of aromatic nitrogens is 1. The molecule has 116 valence electrons. The zero-order valence-electron chi connectivity index (χ0n) is 11.4. The Morgan fingerprint density at radius 1 is 1.27 bits per heavy atom. The van der Waals surface area contributed by atoms with Gasteiger partial charge in [0.25, 0.3) is 5.91 Å². The molecule has 22 heavy (non-hydrogen) atoms. The van der Waals surface area contributed by atoms with Gasteiger partial charge in [0.15, 0.2) is 0 Å². The van der Waals surface area contributed by atoms with E-state index in [1.54, 1.807) is 12.3 Å². The highest BCUT2D eigenvalue weighted by Crippen LogP contribution is 2.41. The highest BCUT2D eigenvalue weighted by atomic mass is 19.4. The van der Waals surface area contributed by atoms with Crippen LogP contribution >= 0.6 is 0 Å². The van der Waals surface area contributed by atoms with Crippen molar-refractivity contribution in [3.63, 3.8) is 0 Å². The van der Waals surface area contributed by atoms with Crippen LogP contribution in [0.15, 0.2) is 30.5 Å². The van der Waals surface area contributed by atoms with Gasteiger partial charge in [-0.05, 0) is 43.0 Å². The predicted octanol–water partition coefficient (Wildman–Crippen LogP) is 3.87. The standard InChI is InChI=1S/C15H13F3N2O2/c16-15(17,18)11-7-9(3-4-12(11)21)20-14(22)10-5-6-19-13(10)8-1-2-8/h3-8,19,21H,1-2H2,(H,20,22). The summed E-state index contributed by atoms with van der Waals surface area (Å²) in [5.41, 5.74) is 0.0521. The summed E-state index contributed by atoms with van der Waals surface area (Å²) in [6.07, 6.45) is -1.05. The lowest BCUT2D eigenvalue weighted by molar-refractivity contribution is -0.138. The van der Waals surface area contributed by atoms with Crippen LogP contribution in [0.25, 0.3) is 0 Å². The third kappa shape index (κ3) is 2.79. The van der Waals surface area contributed by atoms with E-state index >= 15 is 0 Å². The molecule has 0 saturated heterocycles. The summed E-state index contributed by atoms with van der Waals surface area (Å²) in [6.45, 7) is 0. The fraction of sp³-hybridized carbons (Fsp3) is 0.267. The Morgan fingerprint density at radius 2 is 2.00 bits per heavy atom. The molecule has 0 atom stereocenters. The molecule has 0 bridgehead atoms. The van der Waals surface area contributed by atoms with Crippen LogP contribution in [0.5, 0.6) is 5.75 Å². The molecule has 1 heterocycles. The van der Waals surface area contributed by atoms with Crippen LogP contribution in [0.1, 0.15) is 40.4 Å². The number of hydrogen-bond acceptors (Lipinski definition) is 2. The second-order valence-corrected chi connectivity index (χ2v) is 5.26. The first-order valence-electron chi connectivity index (χ1n) is 6.75. The molecule has 7 heteroatoms. The second kappa shape index (κ2) is 5.08. The maximum atomic E-state index is 12.7. The number of benzene rings is 1. The average molecular weight is 310 g/mol. The minimum atomic E-state index is -4.68. The smallest absolute Gasteiger partial charge is 0.420 e. The summed E-state index contributed by atoms with van der Waals surface area (Å²) >= 11 is 0. The Bertz CT molecular complexity index is 718. The molecule has 0 unspecified atom stereocenters. The second-order valence-electron chi connectivity index (χ2n) is 5.26. The minimum Gasteiger partial charge on any atom is -0.507 e. The molecular formula is C15H13F3N2O2. The molecule has 1 aromatic heterocycles. The van der Waals surface area contributed by atoms with E-state index in [0.29, 0.717) is 11.5 Å². The molecule has 1 aliphatic rings. The number of nitrogens with one attached hydrogen (secondary N) is 2. The molecule has 1 saturated carbocycles. The topological polar surface area (TPSA) is 65.1 Å². The van der Waals surface area contributed by atoms with Crippen LogP contribution in [-0.4, -0.2) is 16.0 Å². The molecule has 3 rings (SSSR count). The van der Waals surface area contributed by atoms with Crippen molar-refractivity contribution in [3.8, 4) is 5.75 Å². The number of hydrogen-bond donors (Lipinski definition) is 3. The van der Waals surface area contributed by atoms with Crippen molar-refractivity contribution < 1.29 is 23.1 Å². The summed E-state index contributed by atoms with van der Waals surface area (Å²) < 4.78 is 38.2. The Hall–Kier alpha value is -2.44. The fourth-order valence-corrected chi connectivity index (χ4v) is 2.33. The summed E-state index contributed by atoms with van der Waals surface area (Å²) in [5, 5.41) is 11.7. The van der Waals surface area contributed by atoms with E-state index in [1.165, 1.54) is 6.07 Å². The maximum Gasteiger partial charge on any atom is 0.420 e. The van der Waals surface area contributed by atoms with E-state index < -0.39 is 23.4 Å². The normalized spacial score (nSPS) is 14.9. The van der Waals surface area contributed by atoms with Crippen LogP contribution < -0.4 is 5.32 Å². The van der Waals surface area contributed by atoms with Crippen molar-refractivity contribution in [2.24, 2.45) is 0 Å². The predicted molar refractivity (Wildman–Crippen MR) is 73.8 cm³/mol. The monoisotopic (exact) mass is 310 g/mol. The number of anilines is 1. The highest BCUT2D eigenvalue weighted by Gasteiger charge is 2.34. The molecule has 2 aromatic rings. The number of aromatic amines is 1. The first-order chi connectivity index (χ1) is 10.4. The average Bonchev–Trinajstić information content (AvgIpc) is 3.16. The van der Waals surface area contributed by atoms with E-state index in [1.807, 2.05) is 0 Å². The summed E-state index contributed by atoms with van der Waals surface area (Å²) in [5.74, 6) is -1.02. The Kier molecular flexibility index (Phi) is 3.35. The van der Waals surface area contributed by atoms with Crippen LogP contribution in [0.3, 0.4) is 0 Å². The van der Waals surface area contributed by atoms with Gasteiger partial charge in [-0.15, -0.1) is 0 Å². The van der Waals surface area contributed by atoms with Gasteiger partial charge >= 0.3 is 6.18 Å². The zero-order chi connectivity index (χ0) is 15.9. The van der Waals surface area contributed by atoms with Gasteiger partial charge in [0.1, 0.15) is 5.75 Å². The van der Waals surface area contributed by atoms with Crippen molar-refractivity contribution in [1.82, 2.24) is 4.98 Å². The van der Waals surface area contributed by atoms with Gasteiger partial charge < -0.3 is 15.4 Å². The van der Waals surface area contributed by atoms with Crippen LogP contribution in [0.4, 0.5) is 18.9 Å². The molecule has 0 radical (unpaired) electrons. The van der Waals surface area contributed by atoms with E-state index in [2.05, 4.69) is 10.3 Å². The van der Waals surface area contributed by atoms with Crippen LogP contribution in [0, 0.1) is 0 Å². The van der Waals surface area contributed by atoms with E-state index in [4.69, 9.17) is 0 Å². The first-order valence-corrected chi connectivity index (χ1v) is 6.75. The van der Waals surface area contributed by atoms with Crippen molar-refractivity contribution in [2.75, 3.05) is 5.32 Å². The lowest BCUT2D eigenvalue weighted by Crippen LogP contribution is -2.14. The van der Waals surface area contributed by atoms with Gasteiger partial charge in [0, 0.05) is 17.6 Å². The molecule has 3 N–H and O–H groups in total. The molecule has 1 aliphatic carbocycles. The number of rotatable bonds is 3. The highest BCUT2D eigenvalue weighted by molar-refractivity contribution is 6.05. The van der Waals surface area contributed by atoms with Gasteiger partial charge in [-0.25, -0.2) is 0 Å². The molecule has 0 spiro atoms. The summed E-state index contributed by atoms with van der Waals surface area (Å²) in [6, 6.07) is 4.47. The SMILES string of the molecule is O=C(Nc1ccc(O)c(C(F)(F)F)c1)c1cc[nH]c1C1CC1. The molecule has 0 aliphatic heterocycles. The van der Waals surface area contributed by atoms with Crippen LogP contribution in [0.2, 0.25) is 0 Å². The first kappa shape index (κ1) is 14.5. The van der Waals surface area contributed by atoms with Crippen LogP contribution in [-0.2, 0) is 6.18 Å². The van der Waals surface area contributed by atoms with Gasteiger partial charge in [0.05, 0.1) is 11.1 Å². The number of H-pyrrole nitrogens is 1. The Morgan fingerprint density at radius 3 is 2.64 bits per heavy atom. The van der Waals surface area contributed by atoms with Gasteiger partial charge in [-0.2, -0.15) is 13.2 Å². The van der Waals surface area contributed by atoms with Crippen molar-refractivity contribution in [3.05, 3.63) is 47.3 Å². The third-order valence-corrected chi connectivity index (χ3v) is 3.57.